The number of benzene rings is 1. The molecular formula is C17H25FN2O2. The summed E-state index contributed by atoms with van der Waals surface area (Å²) in [5.41, 5.74) is 0.413. The molecule has 4 nitrogen and oxygen atoms in total. The Morgan fingerprint density at radius 3 is 2.73 bits per heavy atom. The molecule has 5 heteroatoms. The van der Waals surface area contributed by atoms with Crippen molar-refractivity contribution in [3.8, 4) is 0 Å². The first-order valence-electron chi connectivity index (χ1n) is 7.81. The van der Waals surface area contributed by atoms with E-state index < -0.39 is 5.60 Å². The van der Waals surface area contributed by atoms with Crippen LogP contribution in [0.1, 0.15) is 45.6 Å². The third-order valence-corrected chi connectivity index (χ3v) is 3.68. The van der Waals surface area contributed by atoms with E-state index in [1.165, 1.54) is 12.1 Å². The van der Waals surface area contributed by atoms with Crippen molar-refractivity contribution in [3.63, 3.8) is 0 Å². The average molecular weight is 308 g/mol. The molecule has 2 atom stereocenters. The lowest BCUT2D eigenvalue weighted by molar-refractivity contribution is 0.0498. The van der Waals surface area contributed by atoms with E-state index in [1.807, 2.05) is 26.8 Å². The number of rotatable bonds is 4. The van der Waals surface area contributed by atoms with E-state index in [-0.39, 0.29) is 24.0 Å². The van der Waals surface area contributed by atoms with Crippen molar-refractivity contribution < 1.29 is 13.9 Å². The van der Waals surface area contributed by atoms with E-state index in [2.05, 4.69) is 10.6 Å². The van der Waals surface area contributed by atoms with E-state index >= 15 is 0 Å². The van der Waals surface area contributed by atoms with E-state index in [0.717, 1.165) is 24.8 Å². The Morgan fingerprint density at radius 1 is 1.32 bits per heavy atom. The number of hydrogen-bond donors (Lipinski definition) is 2. The predicted molar refractivity (Wildman–Crippen MR) is 84.0 cm³/mol. The van der Waals surface area contributed by atoms with E-state index in [1.54, 1.807) is 6.07 Å². The molecule has 0 saturated heterocycles. The Bertz CT molecular complexity index is 514. The third kappa shape index (κ3) is 5.30. The molecule has 1 aromatic carbocycles. The zero-order valence-electron chi connectivity index (χ0n) is 13.5. The van der Waals surface area contributed by atoms with Crippen molar-refractivity contribution in [2.75, 3.05) is 0 Å². The van der Waals surface area contributed by atoms with Crippen LogP contribution in [0, 0.1) is 5.82 Å². The van der Waals surface area contributed by atoms with Gasteiger partial charge in [-0.25, -0.2) is 9.18 Å². The first-order valence-corrected chi connectivity index (χ1v) is 7.81. The summed E-state index contributed by atoms with van der Waals surface area (Å²) in [6, 6.07) is 6.81. The fourth-order valence-electron chi connectivity index (χ4n) is 2.73. The van der Waals surface area contributed by atoms with Gasteiger partial charge in [-0.15, -0.1) is 0 Å². The van der Waals surface area contributed by atoms with Gasteiger partial charge in [0.1, 0.15) is 11.4 Å². The fraction of sp³-hybridized carbons (Fsp3) is 0.588. The van der Waals surface area contributed by atoms with Crippen molar-refractivity contribution in [1.29, 1.82) is 0 Å². The molecule has 0 spiro atoms. The lowest BCUT2D eigenvalue weighted by atomic mass is 10.1. The minimum Gasteiger partial charge on any atom is -0.444 e. The number of amides is 1. The molecule has 0 aromatic heterocycles. The first-order chi connectivity index (χ1) is 10.3. The maximum Gasteiger partial charge on any atom is 0.407 e. The van der Waals surface area contributed by atoms with Gasteiger partial charge < -0.3 is 15.4 Å². The molecular weight excluding hydrogens is 283 g/mol. The molecule has 0 aliphatic heterocycles. The molecule has 22 heavy (non-hydrogen) atoms. The van der Waals surface area contributed by atoms with Gasteiger partial charge in [-0.3, -0.25) is 0 Å². The maximum atomic E-state index is 13.2. The van der Waals surface area contributed by atoms with Gasteiger partial charge in [-0.1, -0.05) is 12.1 Å². The molecule has 1 aromatic rings. The normalized spacial score (nSPS) is 21.6. The van der Waals surface area contributed by atoms with Crippen LogP contribution in [-0.2, 0) is 11.3 Å². The molecule has 0 heterocycles. The van der Waals surface area contributed by atoms with E-state index in [4.69, 9.17) is 4.74 Å². The number of nitrogens with one attached hydrogen (secondary N) is 2. The molecule has 2 unspecified atom stereocenters. The standard InChI is InChI=1S/C17H25FN2O2/c1-17(2,3)22-16(21)20-15-9-5-8-14(15)19-11-12-6-4-7-13(18)10-12/h4,6-7,10,14-15,19H,5,8-9,11H2,1-3H3,(H,20,21). The highest BCUT2D eigenvalue weighted by Gasteiger charge is 2.29. The van der Waals surface area contributed by atoms with Gasteiger partial charge in [-0.2, -0.15) is 0 Å². The molecule has 0 bridgehead atoms. The van der Waals surface area contributed by atoms with Crippen LogP contribution in [0.5, 0.6) is 0 Å². The van der Waals surface area contributed by atoms with Crippen LogP contribution in [0.15, 0.2) is 24.3 Å². The van der Waals surface area contributed by atoms with Crippen molar-refractivity contribution in [3.05, 3.63) is 35.6 Å². The summed E-state index contributed by atoms with van der Waals surface area (Å²) >= 11 is 0. The molecule has 1 aliphatic carbocycles. The second-order valence-corrected chi connectivity index (χ2v) is 6.80. The van der Waals surface area contributed by atoms with Crippen molar-refractivity contribution in [2.45, 2.75) is 64.3 Å². The Kier molecular flexibility index (Phi) is 5.40. The van der Waals surface area contributed by atoms with Crippen LogP contribution in [0.3, 0.4) is 0 Å². The second kappa shape index (κ2) is 7.09. The highest BCUT2D eigenvalue weighted by atomic mass is 19.1. The molecule has 1 aliphatic rings. The lowest BCUT2D eigenvalue weighted by Crippen LogP contribution is -2.47. The summed E-state index contributed by atoms with van der Waals surface area (Å²) in [6.07, 6.45) is 2.61. The number of alkyl carbamates (subject to hydrolysis) is 1. The van der Waals surface area contributed by atoms with Crippen LogP contribution in [0.2, 0.25) is 0 Å². The zero-order valence-corrected chi connectivity index (χ0v) is 13.5. The SMILES string of the molecule is CC(C)(C)OC(=O)NC1CCCC1NCc1cccc(F)c1. The summed E-state index contributed by atoms with van der Waals surface area (Å²) in [4.78, 5) is 11.9. The zero-order chi connectivity index (χ0) is 16.2. The number of carbonyl (C=O) groups is 1. The Hall–Kier alpha value is -1.62. The minimum absolute atomic E-state index is 0.0587. The molecule has 1 fully saturated rings. The quantitative estimate of drug-likeness (QED) is 0.896. The van der Waals surface area contributed by atoms with Gasteiger partial charge in [0.15, 0.2) is 0 Å². The van der Waals surface area contributed by atoms with Gasteiger partial charge in [-0.05, 0) is 57.7 Å². The summed E-state index contributed by atoms with van der Waals surface area (Å²) in [5.74, 6) is -0.228. The molecule has 2 rings (SSSR count). The number of hydrogen-bond acceptors (Lipinski definition) is 3. The molecule has 1 amide bonds. The van der Waals surface area contributed by atoms with Crippen LogP contribution in [0.25, 0.3) is 0 Å². The largest absolute Gasteiger partial charge is 0.444 e. The Labute approximate surface area is 131 Å². The minimum atomic E-state index is -0.493. The third-order valence-electron chi connectivity index (χ3n) is 3.68. The smallest absolute Gasteiger partial charge is 0.407 e. The van der Waals surface area contributed by atoms with E-state index in [9.17, 15) is 9.18 Å². The monoisotopic (exact) mass is 308 g/mol. The lowest BCUT2D eigenvalue weighted by Gasteiger charge is -2.25. The fourth-order valence-corrected chi connectivity index (χ4v) is 2.73. The molecule has 2 N–H and O–H groups in total. The first kappa shape index (κ1) is 16.7. The van der Waals surface area contributed by atoms with Gasteiger partial charge in [0.25, 0.3) is 0 Å². The topological polar surface area (TPSA) is 50.4 Å². The summed E-state index contributed by atoms with van der Waals surface area (Å²) in [7, 11) is 0. The van der Waals surface area contributed by atoms with Gasteiger partial charge in [0.2, 0.25) is 0 Å². The summed E-state index contributed by atoms with van der Waals surface area (Å²) in [5, 5.41) is 6.34. The maximum absolute atomic E-state index is 13.2. The summed E-state index contributed by atoms with van der Waals surface area (Å²) < 4.78 is 18.5. The molecule has 0 radical (unpaired) electrons. The Balaban J connectivity index is 1.84. The van der Waals surface area contributed by atoms with Crippen LogP contribution < -0.4 is 10.6 Å². The van der Waals surface area contributed by atoms with Gasteiger partial charge >= 0.3 is 6.09 Å². The predicted octanol–water partition coefficient (Wildman–Crippen LogP) is 3.36. The van der Waals surface area contributed by atoms with Crippen LogP contribution >= 0.6 is 0 Å². The highest BCUT2D eigenvalue weighted by Crippen LogP contribution is 2.20. The van der Waals surface area contributed by atoms with Crippen LogP contribution in [-0.4, -0.2) is 23.8 Å². The van der Waals surface area contributed by atoms with Crippen molar-refractivity contribution >= 4 is 6.09 Å². The van der Waals surface area contributed by atoms with Crippen LogP contribution in [0.4, 0.5) is 9.18 Å². The Morgan fingerprint density at radius 2 is 2.05 bits per heavy atom. The number of halogens is 1. The van der Waals surface area contributed by atoms with Crippen molar-refractivity contribution in [2.24, 2.45) is 0 Å². The van der Waals surface area contributed by atoms with E-state index in [0.29, 0.717) is 6.54 Å². The second-order valence-electron chi connectivity index (χ2n) is 6.80. The highest BCUT2D eigenvalue weighted by molar-refractivity contribution is 5.68. The van der Waals surface area contributed by atoms with Crippen molar-refractivity contribution in [1.82, 2.24) is 10.6 Å². The number of ether oxygens (including phenoxy) is 1. The number of carbonyl (C=O) groups excluding carboxylic acids is 1. The summed E-state index contributed by atoms with van der Waals surface area (Å²) in [6.45, 7) is 6.14. The molecule has 1 saturated carbocycles. The average Bonchev–Trinajstić information content (AvgIpc) is 2.81. The van der Waals surface area contributed by atoms with Gasteiger partial charge in [0.05, 0.1) is 0 Å². The molecule has 122 valence electrons. The van der Waals surface area contributed by atoms with Gasteiger partial charge in [0, 0.05) is 18.6 Å².